The minimum atomic E-state index is -1.06. The van der Waals surface area contributed by atoms with Crippen LogP contribution in [0.1, 0.15) is 184 Å². The first-order valence-electron chi connectivity index (χ1n) is 33.6. The van der Waals surface area contributed by atoms with Gasteiger partial charge in [0.15, 0.2) is 0 Å². The smallest absolute Gasteiger partial charge is 0.444 e. The van der Waals surface area contributed by atoms with Crippen molar-refractivity contribution in [1.82, 2.24) is 15.6 Å². The Morgan fingerprint density at radius 3 is 1.38 bits per heavy atom. The molecule has 0 bridgehead atoms. The van der Waals surface area contributed by atoms with Gasteiger partial charge in [0.2, 0.25) is 5.82 Å². The molecule has 6 aromatic rings. The predicted molar refractivity (Wildman–Crippen MR) is 428 cm³/mol. The molecule has 0 saturated carbocycles. The number of carbonyl (C=O) groups excluding carboxylic acids is 5. The number of amides is 3. The lowest BCUT2D eigenvalue weighted by atomic mass is 9.75. The number of hydrogen-bond donors (Lipinski definition) is 5. The van der Waals surface area contributed by atoms with Crippen molar-refractivity contribution in [3.05, 3.63) is 191 Å². The topological polar surface area (TPSA) is 341 Å². The summed E-state index contributed by atoms with van der Waals surface area (Å²) in [6.07, 6.45) is 0.242. The number of nitrogens with zero attached hydrogens (tertiary/aromatic N) is 3. The first-order chi connectivity index (χ1) is 50.2. The maximum Gasteiger partial charge on any atom is 0.519 e. The molecule has 0 aliphatic carbocycles. The van der Waals surface area contributed by atoms with E-state index in [0.29, 0.717) is 35.6 Å². The number of nitrogen functional groups attached to an aromatic ring is 1. The van der Waals surface area contributed by atoms with E-state index in [2.05, 4.69) is 84.1 Å². The number of anilines is 1. The Hall–Kier alpha value is -7.48. The molecule has 2 fully saturated rings. The molecule has 110 heavy (non-hydrogen) atoms. The normalized spacial score (nSPS) is 13.7. The first kappa shape index (κ1) is 101. The molecule has 1 atom stereocenters. The van der Waals surface area contributed by atoms with Gasteiger partial charge < -0.3 is 65.6 Å². The van der Waals surface area contributed by atoms with E-state index in [9.17, 15) is 56.0 Å². The van der Waals surface area contributed by atoms with Crippen molar-refractivity contribution in [3.63, 3.8) is 0 Å². The van der Waals surface area contributed by atoms with Crippen LogP contribution < -0.4 is 33.3 Å². The summed E-state index contributed by atoms with van der Waals surface area (Å²) >= 11 is 18.2. The van der Waals surface area contributed by atoms with Crippen molar-refractivity contribution in [2.24, 2.45) is 11.5 Å². The van der Waals surface area contributed by atoms with E-state index in [1.165, 1.54) is 54.7 Å². The number of nitriles is 1. The molecular weight excluding hydrogens is 1720 g/mol. The van der Waals surface area contributed by atoms with Gasteiger partial charge in [0.05, 0.1) is 27.3 Å². The Balaban J connectivity index is 0.000000648. The molecule has 2 aliphatic heterocycles. The lowest BCUT2D eigenvalue weighted by Crippen LogP contribution is -2.41. The number of rotatable bonds is 8. The second kappa shape index (κ2) is 44.7. The Morgan fingerprint density at radius 2 is 1.03 bits per heavy atom. The molecule has 3 heterocycles. The summed E-state index contributed by atoms with van der Waals surface area (Å²) in [6.45, 7) is 39.0. The second-order valence-electron chi connectivity index (χ2n) is 29.2. The number of hydrogen-bond acceptors (Lipinski definition) is 19. The van der Waals surface area contributed by atoms with Crippen LogP contribution in [0.2, 0.25) is 5.02 Å². The lowest BCUT2D eigenvalue weighted by molar-refractivity contribution is -0.384. The maximum atomic E-state index is 14.6. The SMILES string of the molecule is CC(C)(C)OC(=O)OC(=O)OC(C)(C)C.Cc1cc(C#N)c(F)cc1Br.Cc1cc(C(N)=O)c(F)cc1Br.Cc1cc(CN)c(F)cc1Br.Cc1cc(CNC(=O)OC(C)(C)C)c(F)cc1B1OC(C)(C)C(C)(C)O1.Cc1cc(CNC(=O)OC(C)(C)C)c(F)cc1Br.Nc1nccc(Cl)c1[N+](=O)[O-].[B]C1CCCO1. The summed E-state index contributed by atoms with van der Waals surface area (Å²) in [5.74, 6) is -3.01. The molecule has 8 N–H and O–H groups in total. The molecule has 3 amide bonds. The molecule has 2 aliphatic rings. The highest BCUT2D eigenvalue weighted by Crippen LogP contribution is 2.37. The third-order valence-electron chi connectivity index (χ3n) is 14.3. The molecule has 2 radical (unpaired) electrons. The van der Waals surface area contributed by atoms with Gasteiger partial charge in [0, 0.05) is 73.0 Å². The van der Waals surface area contributed by atoms with Gasteiger partial charge in [0.25, 0.3) is 5.91 Å². The molecular formula is C75H96B2Br4ClF5N8O15. The number of aromatic nitrogens is 1. The van der Waals surface area contributed by atoms with E-state index in [1.54, 1.807) is 114 Å². The maximum absolute atomic E-state index is 14.6. The van der Waals surface area contributed by atoms with Gasteiger partial charge in [-0.25, -0.2) is 46.1 Å². The van der Waals surface area contributed by atoms with Gasteiger partial charge in [-0.2, -0.15) is 5.26 Å². The van der Waals surface area contributed by atoms with Crippen molar-refractivity contribution >= 4 is 138 Å². The highest BCUT2D eigenvalue weighted by molar-refractivity contribution is 9.11. The fourth-order valence-corrected chi connectivity index (χ4v) is 9.72. The van der Waals surface area contributed by atoms with Crippen molar-refractivity contribution in [2.75, 3.05) is 12.3 Å². The number of nitro groups is 1. The number of carbonyl (C=O) groups is 5. The van der Waals surface area contributed by atoms with Gasteiger partial charge in [-0.1, -0.05) is 99.1 Å². The summed E-state index contributed by atoms with van der Waals surface area (Å²) in [5.41, 5.74) is 18.0. The molecule has 1 aromatic heterocycles. The molecule has 2 saturated heterocycles. The number of aryl methyl sites for hydroxylation is 5. The fraction of sp³-hybridized carbons (Fsp3) is 0.453. The van der Waals surface area contributed by atoms with E-state index in [-0.39, 0.29) is 64.9 Å². The van der Waals surface area contributed by atoms with E-state index < -0.39 is 93.5 Å². The number of alkyl carbamates (subject to hydrolysis) is 2. The van der Waals surface area contributed by atoms with E-state index in [1.807, 2.05) is 55.4 Å². The third-order valence-corrected chi connectivity index (χ3v) is 18.1. The van der Waals surface area contributed by atoms with Crippen LogP contribution in [-0.2, 0) is 57.4 Å². The van der Waals surface area contributed by atoms with Crippen LogP contribution in [0.4, 0.5) is 52.6 Å². The standard InChI is InChI=1S/C19H29BFNO4.C13H17BrFNO2.C10H18O5.C8H7BrFNO.C8H9BrFN.C8H5BrFN.C5H4ClN3O2.C4H7BO/c1-12-9-13(11-22-16(23)24-17(2,3)4)15(21)10-14(12)20-25-18(5,6)19(7,8)26-20;1-8-5-9(11(15)6-10(8)14)7-16-12(17)18-13(2,3)4;1-9(2,3)14-7(11)13-8(12)15-10(4,5)6;1-4-2-5(8(11)12)7(10)3-6(4)9;2*1-5-2-6(4-11)8(10)3-7(5)9;6-3-1-2-8-5(7)4(3)9(10)11;5-4-2-1-3-6-4/h9-10H,11H2,1-8H3,(H,22,23);5-6H,7H2,1-4H3,(H,16,17);1-6H3;2-3H,1H3,(H2,11,12);2-3H,4,11H2,1H3;2-3H,1H3;1-2H,(H2,7,8);4H,1-3H2. The van der Waals surface area contributed by atoms with E-state index >= 15 is 0 Å². The summed E-state index contributed by atoms with van der Waals surface area (Å²) < 4.78 is 111. The number of halogens is 10. The van der Waals surface area contributed by atoms with Crippen molar-refractivity contribution in [2.45, 2.75) is 217 Å². The summed E-state index contributed by atoms with van der Waals surface area (Å²) in [6, 6.07) is 18.0. The van der Waals surface area contributed by atoms with Crippen LogP contribution in [0.25, 0.3) is 0 Å². The minimum absolute atomic E-state index is 0.00231. The zero-order valence-electron chi connectivity index (χ0n) is 65.4. The monoisotopic (exact) mass is 1820 g/mol. The van der Waals surface area contributed by atoms with Crippen LogP contribution in [0.15, 0.2) is 90.8 Å². The van der Waals surface area contributed by atoms with Crippen molar-refractivity contribution in [3.8, 4) is 6.07 Å². The fourth-order valence-electron chi connectivity index (χ4n) is 8.23. The van der Waals surface area contributed by atoms with E-state index in [0.717, 1.165) is 51.7 Å². The number of pyridine rings is 1. The lowest BCUT2D eigenvalue weighted by Gasteiger charge is -2.32. The molecule has 0 spiro atoms. The second-order valence-corrected chi connectivity index (χ2v) is 33.0. The zero-order chi connectivity index (χ0) is 85.1. The summed E-state index contributed by atoms with van der Waals surface area (Å²) in [5, 5.41) is 23.8. The largest absolute Gasteiger partial charge is 0.519 e. The molecule has 5 aromatic carbocycles. The predicted octanol–water partition coefficient (Wildman–Crippen LogP) is 18.9. The van der Waals surface area contributed by atoms with Crippen molar-refractivity contribution in [1.29, 1.82) is 5.26 Å². The summed E-state index contributed by atoms with van der Waals surface area (Å²) in [7, 11) is 4.69. The van der Waals surface area contributed by atoms with Crippen LogP contribution in [-0.4, -0.2) is 101 Å². The van der Waals surface area contributed by atoms with Crippen molar-refractivity contribution < 1.29 is 88.6 Å². The first-order valence-corrected chi connectivity index (χ1v) is 37.1. The summed E-state index contributed by atoms with van der Waals surface area (Å²) in [4.78, 5) is 68.9. The molecule has 1 unspecified atom stereocenters. The zero-order valence-corrected chi connectivity index (χ0v) is 72.5. The number of ether oxygens (including phenoxy) is 6. The van der Waals surface area contributed by atoms with Crippen LogP contribution in [0.3, 0.4) is 0 Å². The average Bonchev–Trinajstić information content (AvgIpc) is 1.61. The van der Waals surface area contributed by atoms with Gasteiger partial charge in [-0.05, 0) is 234 Å². The van der Waals surface area contributed by atoms with Gasteiger partial charge in [-0.15, -0.1) is 0 Å². The number of primary amides is 1. The Labute approximate surface area is 680 Å². The molecule has 8 rings (SSSR count). The molecule has 35 heteroatoms. The highest BCUT2D eigenvalue weighted by atomic mass is 79.9. The quantitative estimate of drug-likeness (QED) is 0.0180. The minimum Gasteiger partial charge on any atom is -0.444 e. The van der Waals surface area contributed by atoms with Crippen LogP contribution in [0, 0.1) is 85.2 Å². The van der Waals surface area contributed by atoms with Gasteiger partial charge in [0.1, 0.15) is 70.4 Å². The Bertz CT molecular complexity index is 4140. The number of benzene rings is 5. The number of nitrogens with two attached hydrogens (primary N) is 3. The average molecular weight is 1820 g/mol. The van der Waals surface area contributed by atoms with Crippen LogP contribution in [0.5, 0.6) is 0 Å². The molecule has 23 nitrogen and oxygen atoms in total. The Kier molecular flexibility index (Phi) is 40.8. The third kappa shape index (κ3) is 37.7. The molecule has 602 valence electrons. The van der Waals surface area contributed by atoms with Crippen LogP contribution >= 0.6 is 75.3 Å². The van der Waals surface area contributed by atoms with Gasteiger partial charge >= 0.3 is 37.3 Å². The van der Waals surface area contributed by atoms with Gasteiger partial charge in [-0.3, -0.25) is 14.9 Å². The number of nitrogens with one attached hydrogen (secondary N) is 2. The van der Waals surface area contributed by atoms with E-state index in [4.69, 9.17) is 74.9 Å². The Morgan fingerprint density at radius 1 is 0.645 bits per heavy atom. The highest BCUT2D eigenvalue weighted by Gasteiger charge is 2.52.